The molecule has 7 nitrogen and oxygen atoms in total. The van der Waals surface area contributed by atoms with Gasteiger partial charge in [0.15, 0.2) is 0 Å². The predicted molar refractivity (Wildman–Crippen MR) is 110 cm³/mol. The lowest BCUT2D eigenvalue weighted by molar-refractivity contribution is -0.146. The van der Waals surface area contributed by atoms with Crippen molar-refractivity contribution in [3.8, 4) is 0 Å². The van der Waals surface area contributed by atoms with Crippen LogP contribution in [0.5, 0.6) is 0 Å². The van der Waals surface area contributed by atoms with Crippen LogP contribution in [0, 0.1) is 5.82 Å². The van der Waals surface area contributed by atoms with E-state index in [1.807, 2.05) is 12.1 Å². The van der Waals surface area contributed by atoms with Crippen molar-refractivity contribution in [2.75, 3.05) is 0 Å². The molecule has 0 unspecified atom stereocenters. The SMILES string of the molecule is C[C@@H](NS(=O)(=O)c1ccccc1F)C(=O)OCc1cc(=O)oc2cc3c(cc12)CCC3. The van der Waals surface area contributed by atoms with Crippen molar-refractivity contribution in [1.82, 2.24) is 4.72 Å². The first kappa shape index (κ1) is 21.2. The van der Waals surface area contributed by atoms with Crippen molar-refractivity contribution < 1.29 is 26.8 Å². The van der Waals surface area contributed by atoms with E-state index in [1.165, 1.54) is 30.7 Å². The highest BCUT2D eigenvalue weighted by Crippen LogP contribution is 2.28. The first-order chi connectivity index (χ1) is 14.7. The summed E-state index contributed by atoms with van der Waals surface area (Å²) in [5, 5.41) is 0.674. The van der Waals surface area contributed by atoms with Crippen LogP contribution in [0.1, 0.15) is 30.0 Å². The summed E-state index contributed by atoms with van der Waals surface area (Å²) >= 11 is 0. The Bertz CT molecular complexity index is 1330. The number of ether oxygens (including phenoxy) is 1. The number of carbonyl (C=O) groups excluding carboxylic acids is 1. The summed E-state index contributed by atoms with van der Waals surface area (Å²) in [6, 6.07) is 8.63. The van der Waals surface area contributed by atoms with E-state index in [1.54, 1.807) is 0 Å². The number of halogens is 1. The molecule has 1 aliphatic rings. The Balaban J connectivity index is 1.50. The van der Waals surface area contributed by atoms with E-state index in [2.05, 4.69) is 4.72 Å². The zero-order chi connectivity index (χ0) is 22.2. The van der Waals surface area contributed by atoms with Crippen LogP contribution in [-0.4, -0.2) is 20.4 Å². The number of rotatable bonds is 6. The van der Waals surface area contributed by atoms with Crippen LogP contribution in [0.2, 0.25) is 0 Å². The van der Waals surface area contributed by atoms with Crippen LogP contribution in [0.4, 0.5) is 4.39 Å². The van der Waals surface area contributed by atoms with Crippen LogP contribution in [0.3, 0.4) is 0 Å². The number of esters is 1. The molecule has 1 N–H and O–H groups in total. The summed E-state index contributed by atoms with van der Waals surface area (Å²) in [4.78, 5) is 23.7. The Morgan fingerprint density at radius 1 is 1.19 bits per heavy atom. The molecule has 1 aromatic heterocycles. The maximum absolute atomic E-state index is 13.8. The molecule has 3 aromatic rings. The molecule has 0 saturated heterocycles. The first-order valence-electron chi connectivity index (χ1n) is 9.76. The fourth-order valence-electron chi connectivity index (χ4n) is 3.70. The maximum Gasteiger partial charge on any atom is 0.336 e. The maximum atomic E-state index is 13.8. The van der Waals surface area contributed by atoms with E-state index in [0.29, 0.717) is 16.5 Å². The molecule has 0 bridgehead atoms. The molecule has 1 atom stereocenters. The van der Waals surface area contributed by atoms with Gasteiger partial charge < -0.3 is 9.15 Å². The largest absolute Gasteiger partial charge is 0.460 e. The topological polar surface area (TPSA) is 103 Å². The highest BCUT2D eigenvalue weighted by Gasteiger charge is 2.25. The fourth-order valence-corrected chi connectivity index (χ4v) is 4.97. The summed E-state index contributed by atoms with van der Waals surface area (Å²) in [5.41, 5.74) is 2.64. The monoisotopic (exact) mass is 445 g/mol. The molecule has 9 heteroatoms. The number of sulfonamides is 1. The number of nitrogens with one attached hydrogen (secondary N) is 1. The van der Waals surface area contributed by atoms with Gasteiger partial charge >= 0.3 is 11.6 Å². The van der Waals surface area contributed by atoms with Gasteiger partial charge in [0.25, 0.3) is 0 Å². The normalized spacial score (nSPS) is 14.4. The van der Waals surface area contributed by atoms with Crippen molar-refractivity contribution in [2.45, 2.75) is 43.7 Å². The summed E-state index contributed by atoms with van der Waals surface area (Å²) in [5.74, 6) is -1.78. The van der Waals surface area contributed by atoms with Crippen molar-refractivity contribution in [2.24, 2.45) is 0 Å². The van der Waals surface area contributed by atoms with Crippen molar-refractivity contribution in [3.05, 3.63) is 75.4 Å². The molecule has 4 rings (SSSR count). The van der Waals surface area contributed by atoms with Gasteiger partial charge in [-0.3, -0.25) is 4.79 Å². The Labute approximate surface area is 177 Å². The second kappa shape index (κ2) is 8.24. The Kier molecular flexibility index (Phi) is 5.63. The summed E-state index contributed by atoms with van der Waals surface area (Å²) in [7, 11) is -4.26. The second-order valence-electron chi connectivity index (χ2n) is 7.44. The third-order valence-electron chi connectivity index (χ3n) is 5.22. The van der Waals surface area contributed by atoms with Gasteiger partial charge in [-0.15, -0.1) is 0 Å². The quantitative estimate of drug-likeness (QED) is 0.462. The minimum atomic E-state index is -4.26. The summed E-state index contributed by atoms with van der Waals surface area (Å²) < 4.78 is 51.2. The Morgan fingerprint density at radius 3 is 2.65 bits per heavy atom. The molecule has 0 amide bonds. The lowest BCUT2D eigenvalue weighted by Gasteiger charge is -2.15. The molecule has 0 radical (unpaired) electrons. The number of benzene rings is 2. The fraction of sp³-hybridized carbons (Fsp3) is 0.273. The lowest BCUT2D eigenvalue weighted by atomic mass is 10.0. The van der Waals surface area contributed by atoms with Crippen molar-refractivity contribution >= 4 is 27.0 Å². The summed E-state index contributed by atoms with van der Waals surface area (Å²) in [6.45, 7) is 1.07. The van der Waals surface area contributed by atoms with Crippen molar-refractivity contribution in [1.29, 1.82) is 0 Å². The molecular weight excluding hydrogens is 425 g/mol. The Hall–Kier alpha value is -3.04. The van der Waals surface area contributed by atoms with Gasteiger partial charge in [0.1, 0.15) is 28.9 Å². The van der Waals surface area contributed by atoms with Gasteiger partial charge in [-0.05, 0) is 61.6 Å². The molecule has 2 aromatic carbocycles. The van der Waals surface area contributed by atoms with Gasteiger partial charge in [0.05, 0.1) is 0 Å². The van der Waals surface area contributed by atoms with E-state index >= 15 is 0 Å². The molecule has 0 spiro atoms. The van der Waals surface area contributed by atoms with Crippen LogP contribution < -0.4 is 10.3 Å². The van der Waals surface area contributed by atoms with Gasteiger partial charge in [-0.1, -0.05) is 12.1 Å². The Morgan fingerprint density at radius 2 is 1.90 bits per heavy atom. The molecule has 0 aliphatic heterocycles. The van der Waals surface area contributed by atoms with E-state index in [-0.39, 0.29) is 6.61 Å². The third kappa shape index (κ3) is 4.38. The average molecular weight is 445 g/mol. The average Bonchev–Trinajstić information content (AvgIpc) is 3.17. The van der Waals surface area contributed by atoms with E-state index < -0.39 is 38.4 Å². The molecule has 0 fully saturated rings. The number of aryl methyl sites for hydroxylation is 2. The zero-order valence-corrected chi connectivity index (χ0v) is 17.5. The number of hydrogen-bond acceptors (Lipinski definition) is 6. The molecule has 1 heterocycles. The van der Waals surface area contributed by atoms with Crippen LogP contribution in [-0.2, 0) is 39.0 Å². The van der Waals surface area contributed by atoms with Gasteiger partial charge in [0.2, 0.25) is 10.0 Å². The van der Waals surface area contributed by atoms with Crippen LogP contribution >= 0.6 is 0 Å². The van der Waals surface area contributed by atoms with E-state index in [4.69, 9.17) is 9.15 Å². The smallest absolute Gasteiger partial charge is 0.336 e. The number of fused-ring (bicyclic) bond motifs is 2. The number of carbonyl (C=O) groups is 1. The zero-order valence-electron chi connectivity index (χ0n) is 16.7. The van der Waals surface area contributed by atoms with E-state index in [0.717, 1.165) is 37.0 Å². The third-order valence-corrected chi connectivity index (χ3v) is 6.80. The summed E-state index contributed by atoms with van der Waals surface area (Å²) in [6.07, 6.45) is 2.88. The minimum Gasteiger partial charge on any atom is -0.460 e. The highest BCUT2D eigenvalue weighted by atomic mass is 32.2. The van der Waals surface area contributed by atoms with Crippen molar-refractivity contribution in [3.63, 3.8) is 0 Å². The molecule has 0 saturated carbocycles. The predicted octanol–water partition coefficient (Wildman–Crippen LogP) is 2.83. The van der Waals surface area contributed by atoms with Crippen LogP contribution in [0.15, 0.2) is 56.6 Å². The van der Waals surface area contributed by atoms with E-state index in [9.17, 15) is 22.4 Å². The van der Waals surface area contributed by atoms with Gasteiger partial charge in [-0.2, -0.15) is 4.72 Å². The molecule has 1 aliphatic carbocycles. The van der Waals surface area contributed by atoms with Gasteiger partial charge in [0, 0.05) is 17.0 Å². The molecule has 31 heavy (non-hydrogen) atoms. The number of hydrogen-bond donors (Lipinski definition) is 1. The van der Waals surface area contributed by atoms with Gasteiger partial charge in [-0.25, -0.2) is 17.6 Å². The molecular formula is C22H20FNO6S. The highest BCUT2D eigenvalue weighted by molar-refractivity contribution is 7.89. The van der Waals surface area contributed by atoms with Crippen LogP contribution in [0.25, 0.3) is 11.0 Å². The second-order valence-corrected chi connectivity index (χ2v) is 9.12. The molecule has 162 valence electrons. The lowest BCUT2D eigenvalue weighted by Crippen LogP contribution is -2.39. The first-order valence-corrected chi connectivity index (χ1v) is 11.2. The standard InChI is InChI=1S/C22H20FNO6S/c1-13(24-31(27,28)20-8-3-2-7-18(20)23)22(26)29-12-16-11-21(25)30-19-10-15-6-4-5-14(15)9-17(16)19/h2-3,7-11,13,24H,4-6,12H2,1H3/t13-/m1/s1. The minimum absolute atomic E-state index is 0.231.